The van der Waals surface area contributed by atoms with E-state index in [1.165, 1.54) is 0 Å². The Hall–Kier alpha value is -3.75. The van der Waals surface area contributed by atoms with E-state index >= 15 is 0 Å². The van der Waals surface area contributed by atoms with Crippen LogP contribution in [-0.2, 0) is 6.42 Å². The number of anilines is 1. The van der Waals surface area contributed by atoms with Crippen molar-refractivity contribution < 1.29 is 14.1 Å². The normalized spacial score (nSPS) is 15.6. The van der Waals surface area contributed by atoms with Gasteiger partial charge in [-0.3, -0.25) is 9.59 Å². The Kier molecular flexibility index (Phi) is 6.39. The van der Waals surface area contributed by atoms with Crippen molar-refractivity contribution in [3.63, 3.8) is 0 Å². The van der Waals surface area contributed by atoms with Gasteiger partial charge in [0.1, 0.15) is 5.76 Å². The summed E-state index contributed by atoms with van der Waals surface area (Å²) in [4.78, 5) is 37.4. The number of benzene rings is 1. The van der Waals surface area contributed by atoms with Crippen molar-refractivity contribution in [2.45, 2.75) is 32.1 Å². The Morgan fingerprint density at radius 1 is 1.24 bits per heavy atom. The zero-order chi connectivity index (χ0) is 23.5. The summed E-state index contributed by atoms with van der Waals surface area (Å²) in [6, 6.07) is 8.83. The number of amides is 2. The predicted molar refractivity (Wildman–Crippen MR) is 124 cm³/mol. The first kappa shape index (κ1) is 22.4. The number of nitrogens with zero attached hydrogens (tertiary/aromatic N) is 5. The number of hydrogen-bond donors (Lipinski definition) is 1. The van der Waals surface area contributed by atoms with Crippen molar-refractivity contribution in [3.8, 4) is 11.1 Å². The van der Waals surface area contributed by atoms with Crippen LogP contribution in [0.25, 0.3) is 11.1 Å². The minimum atomic E-state index is -0.471. The third kappa shape index (κ3) is 4.72. The number of aromatic nitrogens is 3. The van der Waals surface area contributed by atoms with E-state index in [9.17, 15) is 9.59 Å². The summed E-state index contributed by atoms with van der Waals surface area (Å²) in [6.45, 7) is 3.20. The molecule has 2 N–H and O–H groups in total. The molecule has 9 heteroatoms. The average Bonchev–Trinajstić information content (AvgIpc) is 3.49. The highest BCUT2D eigenvalue weighted by molar-refractivity contribution is 5.93. The van der Waals surface area contributed by atoms with Gasteiger partial charge in [-0.15, -0.1) is 0 Å². The molecule has 9 nitrogen and oxygen atoms in total. The summed E-state index contributed by atoms with van der Waals surface area (Å²) in [5, 5.41) is 3.97. The lowest BCUT2D eigenvalue weighted by atomic mass is 9.95. The van der Waals surface area contributed by atoms with Crippen molar-refractivity contribution in [2.24, 2.45) is 5.73 Å². The van der Waals surface area contributed by atoms with E-state index in [-0.39, 0.29) is 11.8 Å². The van der Waals surface area contributed by atoms with Crippen LogP contribution < -0.4 is 10.6 Å². The number of rotatable bonds is 7. The molecule has 0 radical (unpaired) electrons. The van der Waals surface area contributed by atoms with E-state index in [4.69, 9.17) is 15.2 Å². The van der Waals surface area contributed by atoms with Crippen LogP contribution in [0, 0.1) is 0 Å². The quantitative estimate of drug-likeness (QED) is 0.590. The highest BCUT2D eigenvalue weighted by Gasteiger charge is 2.32. The van der Waals surface area contributed by atoms with Gasteiger partial charge >= 0.3 is 0 Å². The third-order valence-electron chi connectivity index (χ3n) is 5.82. The van der Waals surface area contributed by atoms with Crippen LogP contribution >= 0.6 is 0 Å². The van der Waals surface area contributed by atoms with Gasteiger partial charge < -0.3 is 20.1 Å². The first-order valence-corrected chi connectivity index (χ1v) is 11.1. The molecule has 0 spiro atoms. The van der Waals surface area contributed by atoms with Gasteiger partial charge in [-0.25, -0.2) is 9.97 Å². The third-order valence-corrected chi connectivity index (χ3v) is 5.82. The fourth-order valence-corrected chi connectivity index (χ4v) is 4.06. The Labute approximate surface area is 192 Å². The van der Waals surface area contributed by atoms with E-state index in [2.05, 4.69) is 17.1 Å². The van der Waals surface area contributed by atoms with Gasteiger partial charge in [0.25, 0.3) is 5.91 Å². The summed E-state index contributed by atoms with van der Waals surface area (Å²) in [5.74, 6) is 0.778. The monoisotopic (exact) mass is 448 g/mol. The molecule has 3 heterocycles. The number of carbonyl (C=O) groups is 2. The number of primary amides is 1. The van der Waals surface area contributed by atoms with E-state index in [0.29, 0.717) is 30.3 Å². The van der Waals surface area contributed by atoms with Crippen molar-refractivity contribution in [3.05, 3.63) is 59.2 Å². The Morgan fingerprint density at radius 3 is 2.67 bits per heavy atom. The topological polar surface area (TPSA) is 118 Å². The minimum Gasteiger partial charge on any atom is -0.366 e. The van der Waals surface area contributed by atoms with Crippen molar-refractivity contribution >= 4 is 17.8 Å². The number of hydrogen-bond acceptors (Lipinski definition) is 7. The number of likely N-dealkylation sites (tertiary alicyclic amines) is 1. The molecule has 0 saturated carbocycles. The lowest BCUT2D eigenvalue weighted by molar-refractivity contribution is 0.0780. The van der Waals surface area contributed by atoms with Gasteiger partial charge in [-0.2, -0.15) is 0 Å². The standard InChI is InChI=1S/C24H28N6O3/c1-4-5-18-12-20(28-33-18)23(32)30-11-10-17(14-30)21-19(13-26-24(27-21)29(2)3)15-6-8-16(9-7-15)22(25)31/h6-9,12-13,17H,4-5,10-11,14H2,1-3H3,(H2,25,31)/t17-/m0/s1. The minimum absolute atomic E-state index is 0.0449. The number of aryl methyl sites for hydroxylation is 1. The molecule has 172 valence electrons. The number of nitrogens with two attached hydrogens (primary N) is 1. The van der Waals surface area contributed by atoms with Crippen molar-refractivity contribution in [1.29, 1.82) is 0 Å². The molecule has 1 fully saturated rings. The van der Waals surface area contributed by atoms with Gasteiger partial charge in [0.15, 0.2) is 5.69 Å². The molecule has 1 aromatic carbocycles. The Bertz CT molecular complexity index is 1160. The van der Waals surface area contributed by atoms with Gasteiger partial charge in [-0.05, 0) is 30.5 Å². The van der Waals surface area contributed by atoms with Crippen LogP contribution in [0.3, 0.4) is 0 Å². The van der Waals surface area contributed by atoms with Crippen LogP contribution in [0.2, 0.25) is 0 Å². The summed E-state index contributed by atoms with van der Waals surface area (Å²) in [6.07, 6.45) is 4.27. The maximum Gasteiger partial charge on any atom is 0.276 e. The molecular weight excluding hydrogens is 420 g/mol. The Balaban J connectivity index is 1.61. The first-order valence-electron chi connectivity index (χ1n) is 11.1. The first-order chi connectivity index (χ1) is 15.9. The molecule has 33 heavy (non-hydrogen) atoms. The maximum atomic E-state index is 13.0. The number of carbonyl (C=O) groups excluding carboxylic acids is 2. The van der Waals surface area contributed by atoms with Crippen molar-refractivity contribution in [1.82, 2.24) is 20.0 Å². The molecule has 1 aliphatic rings. The average molecular weight is 449 g/mol. The lowest BCUT2D eigenvalue weighted by Gasteiger charge is -2.19. The molecule has 0 aliphatic carbocycles. The Morgan fingerprint density at radius 2 is 2.00 bits per heavy atom. The lowest BCUT2D eigenvalue weighted by Crippen LogP contribution is -2.29. The summed E-state index contributed by atoms with van der Waals surface area (Å²) in [7, 11) is 3.78. The highest BCUT2D eigenvalue weighted by Crippen LogP contribution is 2.34. The SMILES string of the molecule is CCCc1cc(C(=O)N2CC[C@H](c3nc(N(C)C)ncc3-c3ccc(C(N)=O)cc3)C2)no1. The fraction of sp³-hybridized carbons (Fsp3) is 0.375. The van der Waals surface area contributed by atoms with Crippen molar-refractivity contribution in [2.75, 3.05) is 32.1 Å². The van der Waals surface area contributed by atoms with E-state index in [1.54, 1.807) is 29.3 Å². The van der Waals surface area contributed by atoms with E-state index < -0.39 is 5.91 Å². The fourth-order valence-electron chi connectivity index (χ4n) is 4.06. The molecule has 0 bridgehead atoms. The maximum absolute atomic E-state index is 13.0. The molecule has 1 atom stereocenters. The smallest absolute Gasteiger partial charge is 0.276 e. The highest BCUT2D eigenvalue weighted by atomic mass is 16.5. The summed E-state index contributed by atoms with van der Waals surface area (Å²) >= 11 is 0. The molecule has 4 rings (SSSR count). The second kappa shape index (κ2) is 9.40. The van der Waals surface area contributed by atoms with Gasteiger partial charge in [0.2, 0.25) is 11.9 Å². The molecule has 1 saturated heterocycles. The van der Waals surface area contributed by atoms with Gasteiger partial charge in [0, 0.05) is 62.9 Å². The summed E-state index contributed by atoms with van der Waals surface area (Å²) in [5.41, 5.74) is 8.81. The zero-order valence-corrected chi connectivity index (χ0v) is 19.1. The second-order valence-corrected chi connectivity index (χ2v) is 8.47. The molecule has 1 aliphatic heterocycles. The molecule has 3 aromatic rings. The van der Waals surface area contributed by atoms with Crippen LogP contribution in [0.15, 0.2) is 41.1 Å². The van der Waals surface area contributed by atoms with Crippen LogP contribution in [-0.4, -0.2) is 59.0 Å². The zero-order valence-electron chi connectivity index (χ0n) is 19.1. The van der Waals surface area contributed by atoms with Crippen LogP contribution in [0.5, 0.6) is 0 Å². The van der Waals surface area contributed by atoms with Gasteiger partial charge in [-0.1, -0.05) is 24.2 Å². The predicted octanol–water partition coefficient (Wildman–Crippen LogP) is 2.88. The van der Waals surface area contributed by atoms with Gasteiger partial charge in [0.05, 0.1) is 5.69 Å². The van der Waals surface area contributed by atoms with E-state index in [1.807, 2.05) is 31.1 Å². The molecule has 0 unspecified atom stereocenters. The van der Waals surface area contributed by atoms with E-state index in [0.717, 1.165) is 41.8 Å². The molecule has 2 amide bonds. The largest absolute Gasteiger partial charge is 0.366 e. The molecule has 2 aromatic heterocycles. The second-order valence-electron chi connectivity index (χ2n) is 8.47. The summed E-state index contributed by atoms with van der Waals surface area (Å²) < 4.78 is 5.29. The van der Waals surface area contributed by atoms with Crippen LogP contribution in [0.4, 0.5) is 5.95 Å². The molecular formula is C24H28N6O3. The van der Waals surface area contributed by atoms with Crippen LogP contribution in [0.1, 0.15) is 58.0 Å².